The minimum Gasteiger partial charge on any atom is -0.496 e. The highest BCUT2D eigenvalue weighted by atomic mass is 79.9. The number of hydrogen-bond donors (Lipinski definition) is 2. The van der Waals surface area contributed by atoms with Crippen LogP contribution in [0.4, 0.5) is 5.69 Å². The van der Waals surface area contributed by atoms with Gasteiger partial charge in [0.1, 0.15) is 22.7 Å². The smallest absolute Gasteiger partial charge is 0.339 e. The molecule has 2 aromatic heterocycles. The van der Waals surface area contributed by atoms with E-state index in [1.165, 1.54) is 19.2 Å². The topological polar surface area (TPSA) is 92.9 Å². The molecule has 0 fully saturated rings. The lowest BCUT2D eigenvalue weighted by molar-refractivity contribution is 0.0693. The van der Waals surface area contributed by atoms with Crippen molar-refractivity contribution in [3.63, 3.8) is 0 Å². The van der Waals surface area contributed by atoms with Crippen LogP contribution in [-0.4, -0.2) is 33.5 Å². The summed E-state index contributed by atoms with van der Waals surface area (Å²) in [5.74, 6) is -1.51. The molecule has 0 saturated carbocycles. The molecule has 0 aliphatic carbocycles. The number of rotatable bonds is 4. The number of carboxylic acid groups (broad SMARTS) is 1. The van der Waals surface area contributed by atoms with Gasteiger partial charge in [-0.05, 0) is 41.1 Å². The Hall–Kier alpha value is -2.58. The molecule has 0 radical (unpaired) electrons. The summed E-state index contributed by atoms with van der Waals surface area (Å²) in [5.41, 5.74) is 1.67. The molecule has 0 aliphatic rings. The van der Waals surface area contributed by atoms with Crippen molar-refractivity contribution in [1.29, 1.82) is 0 Å². The second kappa shape index (κ2) is 6.97. The number of amides is 1. The minimum atomic E-state index is -1.18. The number of fused-ring (bicyclic) bond motifs is 1. The number of benzene rings is 1. The Morgan fingerprint density at radius 1 is 1.35 bits per heavy atom. The number of anilines is 1. The zero-order chi connectivity index (χ0) is 19.0. The maximum absolute atomic E-state index is 12.8. The van der Waals surface area contributed by atoms with Gasteiger partial charge in [-0.15, -0.1) is 0 Å². The number of hydrogen-bond acceptors (Lipinski definition) is 4. The van der Waals surface area contributed by atoms with E-state index in [4.69, 9.17) is 16.3 Å². The van der Waals surface area contributed by atoms with Crippen LogP contribution in [0.5, 0.6) is 5.75 Å². The van der Waals surface area contributed by atoms with Gasteiger partial charge in [-0.25, -0.2) is 9.78 Å². The lowest BCUT2D eigenvalue weighted by atomic mass is 10.1. The first-order chi connectivity index (χ1) is 12.3. The number of aryl methyl sites for hydroxylation is 1. The molecule has 0 spiro atoms. The first-order valence-electron chi connectivity index (χ1n) is 7.38. The standard InChI is InChI=1S/C17H13BrClN3O4/c1-8-15(22-7-9(18)3-4-14(22)20-8)16(23)21-12-6-13(26-2)10(17(24)25)5-11(12)19/h3-7H,1-2H3,(H,21,23)(H,24,25). The van der Waals surface area contributed by atoms with E-state index in [9.17, 15) is 14.7 Å². The van der Waals surface area contributed by atoms with E-state index < -0.39 is 11.9 Å². The van der Waals surface area contributed by atoms with E-state index in [2.05, 4.69) is 26.2 Å². The van der Waals surface area contributed by atoms with Crippen molar-refractivity contribution < 1.29 is 19.4 Å². The summed E-state index contributed by atoms with van der Waals surface area (Å²) in [6, 6.07) is 6.22. The molecule has 134 valence electrons. The van der Waals surface area contributed by atoms with Crippen molar-refractivity contribution in [3.05, 3.63) is 56.9 Å². The monoisotopic (exact) mass is 437 g/mol. The molecule has 3 rings (SSSR count). The fourth-order valence-corrected chi connectivity index (χ4v) is 3.12. The summed E-state index contributed by atoms with van der Waals surface area (Å²) in [6.45, 7) is 1.73. The molecule has 7 nitrogen and oxygen atoms in total. The van der Waals surface area contributed by atoms with Crippen LogP contribution in [0, 0.1) is 6.92 Å². The van der Waals surface area contributed by atoms with Crippen molar-refractivity contribution >= 4 is 50.7 Å². The molecule has 0 unspecified atom stereocenters. The van der Waals surface area contributed by atoms with E-state index >= 15 is 0 Å². The van der Waals surface area contributed by atoms with Crippen molar-refractivity contribution in [2.24, 2.45) is 0 Å². The molecule has 3 aromatic rings. The summed E-state index contributed by atoms with van der Waals surface area (Å²) < 4.78 is 7.52. The lowest BCUT2D eigenvalue weighted by Crippen LogP contribution is -2.16. The number of nitrogens with zero attached hydrogens (tertiary/aromatic N) is 2. The second-order valence-corrected chi connectivity index (χ2v) is 6.74. The van der Waals surface area contributed by atoms with Gasteiger partial charge in [-0.2, -0.15) is 0 Å². The van der Waals surface area contributed by atoms with E-state index in [0.717, 1.165) is 4.47 Å². The summed E-state index contributed by atoms with van der Waals surface area (Å²) in [5, 5.41) is 12.0. The van der Waals surface area contributed by atoms with Crippen LogP contribution in [0.15, 0.2) is 34.9 Å². The number of aromatic carboxylic acids is 1. The fraction of sp³-hybridized carbons (Fsp3) is 0.118. The predicted octanol–water partition coefficient (Wildman–Crippen LogP) is 4.02. The Morgan fingerprint density at radius 2 is 2.08 bits per heavy atom. The minimum absolute atomic E-state index is 0.0872. The van der Waals surface area contributed by atoms with E-state index in [-0.39, 0.29) is 22.0 Å². The second-order valence-electron chi connectivity index (χ2n) is 5.41. The van der Waals surface area contributed by atoms with Crippen LogP contribution in [0.25, 0.3) is 5.65 Å². The number of nitrogens with one attached hydrogen (secondary N) is 1. The third kappa shape index (κ3) is 3.25. The van der Waals surface area contributed by atoms with Gasteiger partial charge in [0.15, 0.2) is 0 Å². The predicted molar refractivity (Wildman–Crippen MR) is 101 cm³/mol. The van der Waals surface area contributed by atoms with Gasteiger partial charge in [0.2, 0.25) is 0 Å². The average molecular weight is 439 g/mol. The number of pyridine rings is 1. The quantitative estimate of drug-likeness (QED) is 0.642. The molecule has 1 amide bonds. The Morgan fingerprint density at radius 3 is 2.73 bits per heavy atom. The highest BCUT2D eigenvalue weighted by Crippen LogP contribution is 2.31. The molecule has 1 aromatic carbocycles. The van der Waals surface area contributed by atoms with Crippen molar-refractivity contribution in [2.45, 2.75) is 6.92 Å². The Kier molecular flexibility index (Phi) is 4.88. The number of carbonyl (C=O) groups is 2. The van der Waals surface area contributed by atoms with Crippen molar-refractivity contribution in [3.8, 4) is 5.75 Å². The average Bonchev–Trinajstić information content (AvgIpc) is 2.91. The third-order valence-electron chi connectivity index (χ3n) is 3.74. The van der Waals surface area contributed by atoms with Gasteiger partial charge in [0.05, 0.1) is 23.5 Å². The molecule has 0 atom stereocenters. The van der Waals surface area contributed by atoms with Gasteiger partial charge >= 0.3 is 5.97 Å². The molecule has 26 heavy (non-hydrogen) atoms. The number of carbonyl (C=O) groups excluding carboxylic acids is 1. The van der Waals surface area contributed by atoms with Crippen LogP contribution in [0.3, 0.4) is 0 Å². The first-order valence-corrected chi connectivity index (χ1v) is 8.55. The van der Waals surface area contributed by atoms with E-state index in [1.807, 2.05) is 6.07 Å². The van der Waals surface area contributed by atoms with Crippen LogP contribution in [-0.2, 0) is 0 Å². The Labute approximate surface area is 161 Å². The summed E-state index contributed by atoms with van der Waals surface area (Å²) in [6.07, 6.45) is 1.74. The molecule has 0 aliphatic heterocycles. The van der Waals surface area contributed by atoms with Crippen molar-refractivity contribution in [1.82, 2.24) is 9.38 Å². The van der Waals surface area contributed by atoms with Gasteiger partial charge in [0.25, 0.3) is 5.91 Å². The molecule has 9 heteroatoms. The number of methoxy groups -OCH3 is 1. The molecular formula is C17H13BrClN3O4. The van der Waals surface area contributed by atoms with Gasteiger partial charge in [-0.1, -0.05) is 11.6 Å². The maximum Gasteiger partial charge on any atom is 0.339 e. The molecule has 2 N–H and O–H groups in total. The third-order valence-corrected chi connectivity index (χ3v) is 4.52. The van der Waals surface area contributed by atoms with Crippen LogP contribution in [0.2, 0.25) is 5.02 Å². The lowest BCUT2D eigenvalue weighted by Gasteiger charge is -2.12. The van der Waals surface area contributed by atoms with E-state index in [0.29, 0.717) is 17.0 Å². The Bertz CT molecular complexity index is 1050. The summed E-state index contributed by atoms with van der Waals surface area (Å²) >= 11 is 9.50. The number of halogens is 2. The molecule has 0 bridgehead atoms. The summed E-state index contributed by atoms with van der Waals surface area (Å²) in [4.78, 5) is 28.4. The van der Waals surface area contributed by atoms with Crippen LogP contribution >= 0.6 is 27.5 Å². The Balaban J connectivity index is 2.02. The fourth-order valence-electron chi connectivity index (χ4n) is 2.58. The highest BCUT2D eigenvalue weighted by molar-refractivity contribution is 9.10. The van der Waals surface area contributed by atoms with E-state index in [1.54, 1.807) is 23.6 Å². The maximum atomic E-state index is 12.8. The zero-order valence-corrected chi connectivity index (χ0v) is 16.1. The largest absolute Gasteiger partial charge is 0.496 e. The molecular weight excluding hydrogens is 426 g/mol. The number of aromatic nitrogens is 2. The first kappa shape index (κ1) is 18.2. The molecule has 0 saturated heterocycles. The van der Waals surface area contributed by atoms with Crippen molar-refractivity contribution in [2.75, 3.05) is 12.4 Å². The SMILES string of the molecule is COc1cc(NC(=O)c2c(C)nc3ccc(Br)cn23)c(Cl)cc1C(=O)O. The van der Waals surface area contributed by atoms with Gasteiger partial charge in [0, 0.05) is 16.7 Å². The molecule has 2 heterocycles. The normalized spacial score (nSPS) is 10.8. The highest BCUT2D eigenvalue weighted by Gasteiger charge is 2.20. The zero-order valence-electron chi connectivity index (χ0n) is 13.7. The van der Waals surface area contributed by atoms with Crippen LogP contribution in [0.1, 0.15) is 26.5 Å². The number of carboxylic acids is 1. The number of ether oxygens (including phenoxy) is 1. The van der Waals surface area contributed by atoms with Gasteiger partial charge in [-0.3, -0.25) is 9.20 Å². The van der Waals surface area contributed by atoms with Crippen LogP contribution < -0.4 is 10.1 Å². The number of imidazole rings is 1. The summed E-state index contributed by atoms with van der Waals surface area (Å²) in [7, 11) is 1.34. The van der Waals surface area contributed by atoms with Gasteiger partial charge < -0.3 is 15.2 Å².